The molecule has 0 atom stereocenters. The van der Waals surface area contributed by atoms with E-state index in [2.05, 4.69) is 20.8 Å². The fourth-order valence-electron chi connectivity index (χ4n) is 2.41. The summed E-state index contributed by atoms with van der Waals surface area (Å²) in [6.45, 7) is 3.53. The van der Waals surface area contributed by atoms with Crippen molar-refractivity contribution in [2.24, 2.45) is 0 Å². The van der Waals surface area contributed by atoms with E-state index in [0.717, 1.165) is 5.56 Å². The lowest BCUT2D eigenvalue weighted by molar-refractivity contribution is -0.115. The van der Waals surface area contributed by atoms with E-state index in [0.29, 0.717) is 39.8 Å². The van der Waals surface area contributed by atoms with Crippen LogP contribution in [0.2, 0.25) is 5.02 Å². The largest absolute Gasteiger partial charge is 0.325 e. The number of hydrogen-bond acceptors (Lipinski definition) is 3. The number of rotatable bonds is 2. The average molecular weight is 305 g/mol. The first kappa shape index (κ1) is 13.6. The number of benzene rings is 1. The van der Waals surface area contributed by atoms with Crippen LogP contribution in [-0.4, -0.2) is 22.0 Å². The number of aromatic nitrogens is 2. The molecule has 6 nitrogen and oxygen atoms in total. The van der Waals surface area contributed by atoms with Crippen LogP contribution in [0.5, 0.6) is 0 Å². The average Bonchev–Trinajstić information content (AvgIpc) is 2.91. The predicted octanol–water partition coefficient (Wildman–Crippen LogP) is 2.43. The summed E-state index contributed by atoms with van der Waals surface area (Å²) >= 11 is 6.15. The summed E-state index contributed by atoms with van der Waals surface area (Å²) in [4.78, 5) is 23.7. The Bertz CT molecular complexity index is 747. The maximum absolute atomic E-state index is 12.3. The second kappa shape index (κ2) is 4.89. The highest BCUT2D eigenvalue weighted by Gasteiger charge is 2.21. The van der Waals surface area contributed by atoms with Gasteiger partial charge >= 0.3 is 0 Å². The summed E-state index contributed by atoms with van der Waals surface area (Å²) in [5.41, 5.74) is 3.81. The number of nitrogens with one attached hydrogen (secondary N) is 3. The van der Waals surface area contributed by atoms with Gasteiger partial charge in [-0.15, -0.1) is 0 Å². The molecule has 0 saturated heterocycles. The highest BCUT2D eigenvalue weighted by molar-refractivity contribution is 6.34. The highest BCUT2D eigenvalue weighted by Crippen LogP contribution is 2.33. The summed E-state index contributed by atoms with van der Waals surface area (Å²) in [6, 6.07) is 3.37. The molecule has 0 radical (unpaired) electrons. The molecule has 3 N–H and O–H groups in total. The Hall–Kier alpha value is -2.34. The molecule has 108 valence electrons. The van der Waals surface area contributed by atoms with Crippen molar-refractivity contribution in [3.63, 3.8) is 0 Å². The number of nitrogens with zero attached hydrogens (tertiary/aromatic N) is 1. The van der Waals surface area contributed by atoms with E-state index in [1.165, 1.54) is 0 Å². The van der Waals surface area contributed by atoms with Crippen molar-refractivity contribution in [2.45, 2.75) is 20.3 Å². The van der Waals surface area contributed by atoms with Crippen molar-refractivity contribution in [3.8, 4) is 0 Å². The minimum absolute atomic E-state index is 0.0777. The van der Waals surface area contributed by atoms with Gasteiger partial charge in [-0.1, -0.05) is 11.6 Å². The fourth-order valence-corrected chi connectivity index (χ4v) is 2.63. The van der Waals surface area contributed by atoms with Crippen LogP contribution in [-0.2, 0) is 11.2 Å². The van der Waals surface area contributed by atoms with Crippen molar-refractivity contribution in [2.75, 3.05) is 10.6 Å². The number of carbonyl (C=O) groups is 2. The van der Waals surface area contributed by atoms with Gasteiger partial charge in [0.05, 0.1) is 28.4 Å². The van der Waals surface area contributed by atoms with Crippen LogP contribution in [0.3, 0.4) is 0 Å². The molecule has 2 amide bonds. The Morgan fingerprint density at radius 2 is 2.14 bits per heavy atom. The topological polar surface area (TPSA) is 86.9 Å². The van der Waals surface area contributed by atoms with Gasteiger partial charge in [0.25, 0.3) is 5.91 Å². The zero-order chi connectivity index (χ0) is 15.1. The van der Waals surface area contributed by atoms with Gasteiger partial charge in [-0.2, -0.15) is 5.10 Å². The highest BCUT2D eigenvalue weighted by atomic mass is 35.5. The first-order chi connectivity index (χ1) is 9.95. The molecule has 1 aliphatic heterocycles. The fraction of sp³-hybridized carbons (Fsp3) is 0.214. The number of amides is 2. The van der Waals surface area contributed by atoms with Crippen LogP contribution in [0, 0.1) is 13.8 Å². The first-order valence-corrected chi connectivity index (χ1v) is 6.78. The third kappa shape index (κ3) is 2.38. The number of aromatic amines is 1. The standard InChI is InChI=1S/C14H13ClN4O2/c1-6-13(7(2)19-18-6)14(21)17-11-3-8-4-12(20)16-10(8)5-9(11)15/h3,5H,4H2,1-2H3,(H,16,20)(H,17,21)(H,18,19). The molecule has 0 saturated carbocycles. The molecule has 0 fully saturated rings. The van der Waals surface area contributed by atoms with Gasteiger partial charge in [-0.25, -0.2) is 0 Å². The van der Waals surface area contributed by atoms with E-state index < -0.39 is 0 Å². The van der Waals surface area contributed by atoms with Crippen molar-refractivity contribution in [1.29, 1.82) is 0 Å². The van der Waals surface area contributed by atoms with Gasteiger partial charge in [0.15, 0.2) is 0 Å². The third-order valence-electron chi connectivity index (χ3n) is 3.42. The molecule has 21 heavy (non-hydrogen) atoms. The SMILES string of the molecule is Cc1n[nH]c(C)c1C(=O)Nc1cc2c(cc1Cl)NC(=O)C2. The lowest BCUT2D eigenvalue weighted by Gasteiger charge is -2.09. The van der Waals surface area contributed by atoms with E-state index in [1.54, 1.807) is 26.0 Å². The van der Waals surface area contributed by atoms with E-state index >= 15 is 0 Å². The van der Waals surface area contributed by atoms with Gasteiger partial charge < -0.3 is 10.6 Å². The van der Waals surface area contributed by atoms with Crippen LogP contribution < -0.4 is 10.6 Å². The molecule has 7 heteroatoms. The van der Waals surface area contributed by atoms with Crippen LogP contribution in [0.15, 0.2) is 12.1 Å². The third-order valence-corrected chi connectivity index (χ3v) is 3.73. The molecular formula is C14H13ClN4O2. The number of anilines is 2. The number of carbonyl (C=O) groups excluding carboxylic acids is 2. The molecule has 0 bridgehead atoms. The monoisotopic (exact) mass is 304 g/mol. The van der Waals surface area contributed by atoms with Crippen LogP contribution in [0.25, 0.3) is 0 Å². The Kier molecular flexibility index (Phi) is 3.17. The molecule has 1 aliphatic rings. The van der Waals surface area contributed by atoms with Gasteiger partial charge in [0, 0.05) is 11.4 Å². The molecular weight excluding hydrogens is 292 g/mol. The lowest BCUT2D eigenvalue weighted by atomic mass is 10.1. The molecule has 3 rings (SSSR count). The minimum atomic E-state index is -0.280. The minimum Gasteiger partial charge on any atom is -0.325 e. The smallest absolute Gasteiger partial charge is 0.259 e. The number of fused-ring (bicyclic) bond motifs is 1. The van der Waals surface area contributed by atoms with Gasteiger partial charge in [0.1, 0.15) is 0 Å². The number of halogens is 1. The molecule has 1 aromatic carbocycles. The van der Waals surface area contributed by atoms with Gasteiger partial charge in [0.2, 0.25) is 5.91 Å². The summed E-state index contributed by atoms with van der Waals surface area (Å²) < 4.78 is 0. The molecule has 2 heterocycles. The zero-order valence-corrected chi connectivity index (χ0v) is 12.3. The van der Waals surface area contributed by atoms with E-state index in [-0.39, 0.29) is 11.8 Å². The van der Waals surface area contributed by atoms with Gasteiger partial charge in [-0.05, 0) is 31.5 Å². The normalized spacial score (nSPS) is 13.0. The predicted molar refractivity (Wildman–Crippen MR) is 79.8 cm³/mol. The van der Waals surface area contributed by atoms with Crippen LogP contribution in [0.4, 0.5) is 11.4 Å². The molecule has 2 aromatic rings. The Morgan fingerprint density at radius 1 is 1.38 bits per heavy atom. The summed E-state index contributed by atoms with van der Waals surface area (Å²) in [5.74, 6) is -0.357. The maximum Gasteiger partial charge on any atom is 0.259 e. The number of hydrogen-bond donors (Lipinski definition) is 3. The lowest BCUT2D eigenvalue weighted by Crippen LogP contribution is -2.14. The first-order valence-electron chi connectivity index (χ1n) is 6.41. The molecule has 1 aromatic heterocycles. The summed E-state index contributed by atoms with van der Waals surface area (Å²) in [6.07, 6.45) is 0.291. The van der Waals surface area contributed by atoms with Crippen molar-refractivity contribution in [3.05, 3.63) is 39.7 Å². The molecule has 0 aliphatic carbocycles. The number of H-pyrrole nitrogens is 1. The Morgan fingerprint density at radius 3 is 2.81 bits per heavy atom. The Balaban J connectivity index is 1.91. The number of aryl methyl sites for hydroxylation is 2. The van der Waals surface area contributed by atoms with Gasteiger partial charge in [-0.3, -0.25) is 14.7 Å². The van der Waals surface area contributed by atoms with Crippen molar-refractivity contribution >= 4 is 34.8 Å². The second-order valence-electron chi connectivity index (χ2n) is 4.98. The van der Waals surface area contributed by atoms with E-state index in [9.17, 15) is 9.59 Å². The van der Waals surface area contributed by atoms with Crippen molar-refractivity contribution in [1.82, 2.24) is 10.2 Å². The summed E-state index contributed by atoms with van der Waals surface area (Å²) in [5, 5.41) is 12.6. The quantitative estimate of drug-likeness (QED) is 0.796. The summed E-state index contributed by atoms with van der Waals surface area (Å²) in [7, 11) is 0. The van der Waals surface area contributed by atoms with E-state index in [4.69, 9.17) is 11.6 Å². The van der Waals surface area contributed by atoms with E-state index in [1.807, 2.05) is 0 Å². The van der Waals surface area contributed by atoms with Crippen LogP contribution >= 0.6 is 11.6 Å². The molecule has 0 spiro atoms. The Labute approximate surface area is 125 Å². The van der Waals surface area contributed by atoms with Crippen molar-refractivity contribution < 1.29 is 9.59 Å². The second-order valence-corrected chi connectivity index (χ2v) is 5.38. The zero-order valence-electron chi connectivity index (χ0n) is 11.5. The maximum atomic E-state index is 12.3. The molecule has 0 unspecified atom stereocenters. The van der Waals surface area contributed by atoms with Crippen LogP contribution in [0.1, 0.15) is 27.3 Å².